The zero-order valence-corrected chi connectivity index (χ0v) is 19.1. The highest BCUT2D eigenvalue weighted by atomic mass is 15.3. The van der Waals surface area contributed by atoms with Crippen molar-refractivity contribution < 1.29 is 0 Å². The normalized spacial score (nSPS) is 16.1. The molecule has 2 N–H and O–H groups in total. The molecule has 6 heteroatoms. The number of nitrogens with zero attached hydrogens (tertiary/aromatic N) is 4. The van der Waals surface area contributed by atoms with Crippen molar-refractivity contribution in [1.82, 2.24) is 25.3 Å². The lowest BCUT2D eigenvalue weighted by molar-refractivity contribution is 0.198. The minimum absolute atomic E-state index is 0.472. The van der Waals surface area contributed by atoms with Crippen molar-refractivity contribution in [3.05, 3.63) is 52.8 Å². The number of aromatic nitrogens is 2. The SMILES string of the molecule is CCNC(=NCc1c(CC)nn(C)c1CC)NC1CCN(Cc2ccccc2)CC1. The Labute approximate surface area is 181 Å². The number of nitrogens with one attached hydrogen (secondary N) is 2. The lowest BCUT2D eigenvalue weighted by Gasteiger charge is -2.33. The van der Waals surface area contributed by atoms with Crippen LogP contribution in [0.4, 0.5) is 0 Å². The van der Waals surface area contributed by atoms with Gasteiger partial charge in [0.15, 0.2) is 5.96 Å². The maximum absolute atomic E-state index is 4.92. The molecule has 164 valence electrons. The van der Waals surface area contributed by atoms with Crippen molar-refractivity contribution in [2.24, 2.45) is 12.0 Å². The number of aryl methyl sites for hydroxylation is 2. The van der Waals surface area contributed by atoms with E-state index in [1.165, 1.54) is 22.5 Å². The molecule has 2 heterocycles. The molecule has 3 rings (SSSR count). The van der Waals surface area contributed by atoms with Gasteiger partial charge in [-0.1, -0.05) is 44.2 Å². The number of rotatable bonds is 8. The van der Waals surface area contributed by atoms with Gasteiger partial charge in [0.05, 0.1) is 12.2 Å². The maximum atomic E-state index is 4.92. The van der Waals surface area contributed by atoms with Crippen LogP contribution >= 0.6 is 0 Å². The lowest BCUT2D eigenvalue weighted by Crippen LogP contribution is -2.48. The van der Waals surface area contributed by atoms with Crippen molar-refractivity contribution in [1.29, 1.82) is 0 Å². The Morgan fingerprint density at radius 1 is 1.10 bits per heavy atom. The van der Waals surface area contributed by atoms with Gasteiger partial charge in [0.1, 0.15) is 0 Å². The summed E-state index contributed by atoms with van der Waals surface area (Å²) in [4.78, 5) is 7.47. The van der Waals surface area contributed by atoms with Gasteiger partial charge >= 0.3 is 0 Å². The molecule has 2 aromatic rings. The fraction of sp³-hybridized carbons (Fsp3) is 0.583. The highest BCUT2D eigenvalue weighted by molar-refractivity contribution is 5.80. The van der Waals surface area contributed by atoms with E-state index in [2.05, 4.69) is 71.7 Å². The molecule has 1 fully saturated rings. The van der Waals surface area contributed by atoms with E-state index in [1.54, 1.807) is 0 Å². The van der Waals surface area contributed by atoms with Crippen LogP contribution in [0.25, 0.3) is 0 Å². The predicted octanol–water partition coefficient (Wildman–Crippen LogP) is 3.26. The van der Waals surface area contributed by atoms with Crippen LogP contribution in [-0.4, -0.2) is 46.3 Å². The summed E-state index contributed by atoms with van der Waals surface area (Å²) < 4.78 is 2.02. The van der Waals surface area contributed by atoms with Crippen molar-refractivity contribution in [2.75, 3.05) is 19.6 Å². The molecular formula is C24H38N6. The lowest BCUT2D eigenvalue weighted by atomic mass is 10.0. The smallest absolute Gasteiger partial charge is 0.191 e. The zero-order chi connectivity index (χ0) is 21.3. The average Bonchev–Trinajstić information content (AvgIpc) is 3.08. The molecule has 6 nitrogen and oxygen atoms in total. The van der Waals surface area contributed by atoms with Crippen LogP contribution in [0.2, 0.25) is 0 Å². The van der Waals surface area contributed by atoms with E-state index < -0.39 is 0 Å². The second-order valence-corrected chi connectivity index (χ2v) is 8.08. The Balaban J connectivity index is 1.57. The molecule has 0 aliphatic carbocycles. The van der Waals surface area contributed by atoms with Crippen molar-refractivity contribution >= 4 is 5.96 Å². The summed E-state index contributed by atoms with van der Waals surface area (Å²) in [7, 11) is 2.04. The monoisotopic (exact) mass is 410 g/mol. The number of benzene rings is 1. The molecule has 0 spiro atoms. The van der Waals surface area contributed by atoms with Crippen LogP contribution in [0.3, 0.4) is 0 Å². The fourth-order valence-corrected chi connectivity index (χ4v) is 4.32. The zero-order valence-electron chi connectivity index (χ0n) is 19.1. The van der Waals surface area contributed by atoms with E-state index in [0.29, 0.717) is 12.6 Å². The number of aliphatic imine (C=N–C) groups is 1. The third-order valence-corrected chi connectivity index (χ3v) is 5.94. The molecule has 0 amide bonds. The summed E-state index contributed by atoms with van der Waals surface area (Å²) in [6.45, 7) is 11.3. The van der Waals surface area contributed by atoms with Crippen LogP contribution < -0.4 is 10.6 Å². The topological polar surface area (TPSA) is 57.5 Å². The van der Waals surface area contributed by atoms with E-state index >= 15 is 0 Å². The number of piperidine rings is 1. The molecule has 1 aromatic carbocycles. The first kappa shape index (κ1) is 22.3. The molecular weight excluding hydrogens is 372 g/mol. The number of guanidine groups is 1. The molecule has 1 saturated heterocycles. The number of hydrogen-bond acceptors (Lipinski definition) is 3. The Morgan fingerprint density at radius 2 is 1.83 bits per heavy atom. The molecule has 0 saturated carbocycles. The largest absolute Gasteiger partial charge is 0.357 e. The van der Waals surface area contributed by atoms with Gasteiger partial charge in [0, 0.05) is 50.5 Å². The molecule has 1 aliphatic heterocycles. The summed E-state index contributed by atoms with van der Waals surface area (Å²) in [6, 6.07) is 11.2. The maximum Gasteiger partial charge on any atom is 0.191 e. The molecule has 0 radical (unpaired) electrons. The van der Waals surface area contributed by atoms with Gasteiger partial charge in [0.25, 0.3) is 0 Å². The second-order valence-electron chi connectivity index (χ2n) is 8.08. The molecule has 30 heavy (non-hydrogen) atoms. The summed E-state index contributed by atoms with van der Waals surface area (Å²) in [6.07, 6.45) is 4.22. The number of likely N-dealkylation sites (tertiary alicyclic amines) is 1. The molecule has 1 aliphatic rings. The predicted molar refractivity (Wildman–Crippen MR) is 125 cm³/mol. The van der Waals surface area contributed by atoms with Gasteiger partial charge in [-0.25, -0.2) is 4.99 Å². The second kappa shape index (κ2) is 11.2. The Kier molecular flexibility index (Phi) is 8.31. The van der Waals surface area contributed by atoms with Gasteiger partial charge in [-0.2, -0.15) is 5.10 Å². The first-order valence-corrected chi connectivity index (χ1v) is 11.5. The minimum Gasteiger partial charge on any atom is -0.357 e. The van der Waals surface area contributed by atoms with Gasteiger partial charge < -0.3 is 10.6 Å². The van der Waals surface area contributed by atoms with Gasteiger partial charge in [0.2, 0.25) is 0 Å². The average molecular weight is 411 g/mol. The van der Waals surface area contributed by atoms with E-state index in [1.807, 2.05) is 11.7 Å². The highest BCUT2D eigenvalue weighted by Gasteiger charge is 2.20. The van der Waals surface area contributed by atoms with E-state index in [0.717, 1.165) is 57.8 Å². The Hall–Kier alpha value is -2.34. The quantitative estimate of drug-likeness (QED) is 0.518. The Morgan fingerprint density at radius 3 is 2.47 bits per heavy atom. The molecule has 0 bridgehead atoms. The standard InChI is InChI=1S/C24H38N6/c1-5-22-21(23(6-2)29(4)28-22)17-26-24(25-7-3)27-20-13-15-30(16-14-20)18-19-11-9-8-10-12-19/h8-12,20H,5-7,13-18H2,1-4H3,(H2,25,26,27). The first-order chi connectivity index (χ1) is 14.6. The first-order valence-electron chi connectivity index (χ1n) is 11.5. The summed E-state index contributed by atoms with van der Waals surface area (Å²) in [5.74, 6) is 0.923. The van der Waals surface area contributed by atoms with Crippen LogP contribution in [0.1, 0.15) is 56.1 Å². The van der Waals surface area contributed by atoms with E-state index in [4.69, 9.17) is 4.99 Å². The summed E-state index contributed by atoms with van der Waals surface area (Å²) in [5, 5.41) is 11.8. The van der Waals surface area contributed by atoms with E-state index in [-0.39, 0.29) is 0 Å². The summed E-state index contributed by atoms with van der Waals surface area (Å²) in [5.41, 5.74) is 5.15. The molecule has 0 unspecified atom stereocenters. The third-order valence-electron chi connectivity index (χ3n) is 5.94. The molecule has 0 atom stereocenters. The number of hydrogen-bond donors (Lipinski definition) is 2. The van der Waals surface area contributed by atoms with Gasteiger partial charge in [-0.15, -0.1) is 0 Å². The van der Waals surface area contributed by atoms with Gasteiger partial charge in [-0.3, -0.25) is 9.58 Å². The molecule has 1 aromatic heterocycles. The van der Waals surface area contributed by atoms with E-state index in [9.17, 15) is 0 Å². The minimum atomic E-state index is 0.472. The fourth-order valence-electron chi connectivity index (χ4n) is 4.32. The van der Waals surface area contributed by atoms with Crippen LogP contribution in [-0.2, 0) is 33.0 Å². The van der Waals surface area contributed by atoms with Crippen LogP contribution in [0.5, 0.6) is 0 Å². The van der Waals surface area contributed by atoms with Crippen LogP contribution in [0.15, 0.2) is 35.3 Å². The van der Waals surface area contributed by atoms with Crippen LogP contribution in [0, 0.1) is 0 Å². The van der Waals surface area contributed by atoms with Crippen molar-refractivity contribution in [3.63, 3.8) is 0 Å². The van der Waals surface area contributed by atoms with Gasteiger partial charge in [-0.05, 0) is 38.2 Å². The Bertz CT molecular complexity index is 803. The third kappa shape index (κ3) is 5.85. The van der Waals surface area contributed by atoms with Crippen molar-refractivity contribution in [3.8, 4) is 0 Å². The highest BCUT2D eigenvalue weighted by Crippen LogP contribution is 2.17. The summed E-state index contributed by atoms with van der Waals surface area (Å²) >= 11 is 0. The van der Waals surface area contributed by atoms with Crippen molar-refractivity contribution in [2.45, 2.75) is 65.6 Å².